The molecule has 2 aromatic rings. The van der Waals surface area contributed by atoms with Crippen LogP contribution in [0.2, 0.25) is 5.02 Å². The molecule has 0 amide bonds. The highest BCUT2D eigenvalue weighted by molar-refractivity contribution is 6.30. The Morgan fingerprint density at radius 1 is 1.12 bits per heavy atom. The molecule has 3 nitrogen and oxygen atoms in total. The molecular formula is C12H11ClN2O. The third-order valence-corrected chi connectivity index (χ3v) is 2.29. The average Bonchev–Trinajstić information content (AvgIpc) is 2.33. The van der Waals surface area contributed by atoms with Crippen molar-refractivity contribution in [3.8, 4) is 11.6 Å². The van der Waals surface area contributed by atoms with Gasteiger partial charge in [0.25, 0.3) is 0 Å². The highest BCUT2D eigenvalue weighted by atomic mass is 35.5. The highest BCUT2D eigenvalue weighted by Gasteiger charge is 1.98. The van der Waals surface area contributed by atoms with Gasteiger partial charge in [0.2, 0.25) is 5.88 Å². The lowest BCUT2D eigenvalue weighted by Crippen LogP contribution is -1.89. The number of halogens is 1. The van der Waals surface area contributed by atoms with E-state index in [1.54, 1.807) is 18.3 Å². The number of nitrogens with one attached hydrogen (secondary N) is 1. The molecular weight excluding hydrogens is 224 g/mol. The van der Waals surface area contributed by atoms with Crippen LogP contribution in [0.4, 0.5) is 5.69 Å². The number of nitrogens with zero attached hydrogens (tertiary/aromatic N) is 1. The first-order chi connectivity index (χ1) is 7.78. The second-order valence-corrected chi connectivity index (χ2v) is 3.63. The summed E-state index contributed by atoms with van der Waals surface area (Å²) in [6.45, 7) is 0. The molecule has 1 heterocycles. The van der Waals surface area contributed by atoms with Gasteiger partial charge in [0.05, 0.1) is 5.02 Å². The van der Waals surface area contributed by atoms with Crippen molar-refractivity contribution in [2.75, 3.05) is 12.4 Å². The first kappa shape index (κ1) is 10.8. The van der Waals surface area contributed by atoms with Crippen LogP contribution in [-0.2, 0) is 0 Å². The fourth-order valence-electron chi connectivity index (χ4n) is 1.23. The van der Waals surface area contributed by atoms with Crippen molar-refractivity contribution in [3.63, 3.8) is 0 Å². The van der Waals surface area contributed by atoms with Gasteiger partial charge in [0.1, 0.15) is 5.75 Å². The van der Waals surface area contributed by atoms with Crippen LogP contribution >= 0.6 is 11.6 Å². The molecule has 0 saturated carbocycles. The zero-order valence-corrected chi connectivity index (χ0v) is 9.53. The van der Waals surface area contributed by atoms with Crippen LogP contribution in [0.5, 0.6) is 11.6 Å². The van der Waals surface area contributed by atoms with E-state index in [1.807, 2.05) is 31.3 Å². The summed E-state index contributed by atoms with van der Waals surface area (Å²) in [6.07, 6.45) is 1.55. The first-order valence-corrected chi connectivity index (χ1v) is 5.23. The van der Waals surface area contributed by atoms with Crippen molar-refractivity contribution >= 4 is 17.3 Å². The minimum atomic E-state index is 0.529. The molecule has 2 rings (SSSR count). The zero-order chi connectivity index (χ0) is 11.4. The number of hydrogen-bond acceptors (Lipinski definition) is 3. The number of rotatable bonds is 3. The summed E-state index contributed by atoms with van der Waals surface area (Å²) in [5.41, 5.74) is 1.04. The van der Waals surface area contributed by atoms with Crippen LogP contribution in [0.3, 0.4) is 0 Å². The molecule has 1 aromatic heterocycles. The van der Waals surface area contributed by atoms with Crippen molar-refractivity contribution in [1.82, 2.24) is 4.98 Å². The monoisotopic (exact) mass is 234 g/mol. The maximum atomic E-state index is 5.73. The van der Waals surface area contributed by atoms with Gasteiger partial charge in [-0.15, -0.1) is 0 Å². The van der Waals surface area contributed by atoms with Crippen molar-refractivity contribution in [1.29, 1.82) is 0 Å². The fraction of sp³-hybridized carbons (Fsp3) is 0.0833. The van der Waals surface area contributed by atoms with Crippen LogP contribution in [0.15, 0.2) is 42.6 Å². The van der Waals surface area contributed by atoms with E-state index in [2.05, 4.69) is 10.3 Å². The average molecular weight is 235 g/mol. The van der Waals surface area contributed by atoms with Crippen molar-refractivity contribution in [2.45, 2.75) is 0 Å². The van der Waals surface area contributed by atoms with Gasteiger partial charge in [-0.1, -0.05) is 11.6 Å². The van der Waals surface area contributed by atoms with Crippen LogP contribution in [0.1, 0.15) is 0 Å². The van der Waals surface area contributed by atoms with Crippen LogP contribution in [0.25, 0.3) is 0 Å². The number of aromatic nitrogens is 1. The molecule has 0 fully saturated rings. The molecule has 0 atom stereocenters. The molecule has 1 N–H and O–H groups in total. The van der Waals surface area contributed by atoms with Crippen LogP contribution in [0, 0.1) is 0 Å². The van der Waals surface area contributed by atoms with Gasteiger partial charge in [-0.3, -0.25) is 0 Å². The Bertz CT molecular complexity index is 453. The topological polar surface area (TPSA) is 34.1 Å². The number of hydrogen-bond donors (Lipinski definition) is 1. The molecule has 0 spiro atoms. The quantitative estimate of drug-likeness (QED) is 0.882. The minimum absolute atomic E-state index is 0.529. The van der Waals surface area contributed by atoms with Crippen LogP contribution in [-0.4, -0.2) is 12.0 Å². The Labute approximate surface area is 99.0 Å². The van der Waals surface area contributed by atoms with Crippen molar-refractivity contribution in [3.05, 3.63) is 47.6 Å². The standard InChI is InChI=1S/C12H11ClN2O/c1-14-10-3-5-11(6-4-10)16-12-7-2-9(13)8-15-12/h2-8,14H,1H3. The van der Waals surface area contributed by atoms with Gasteiger partial charge in [0.15, 0.2) is 0 Å². The molecule has 0 aliphatic heterocycles. The predicted octanol–water partition coefficient (Wildman–Crippen LogP) is 3.57. The predicted molar refractivity (Wildman–Crippen MR) is 65.3 cm³/mol. The van der Waals surface area contributed by atoms with E-state index in [0.29, 0.717) is 10.9 Å². The summed E-state index contributed by atoms with van der Waals surface area (Å²) >= 11 is 5.73. The summed E-state index contributed by atoms with van der Waals surface area (Å²) in [4.78, 5) is 4.05. The molecule has 0 saturated heterocycles. The van der Waals surface area contributed by atoms with Gasteiger partial charge < -0.3 is 10.1 Å². The molecule has 1 aromatic carbocycles. The van der Waals surface area contributed by atoms with E-state index >= 15 is 0 Å². The Morgan fingerprint density at radius 2 is 1.88 bits per heavy atom. The van der Waals surface area contributed by atoms with Crippen LogP contribution < -0.4 is 10.1 Å². The third-order valence-electron chi connectivity index (χ3n) is 2.07. The lowest BCUT2D eigenvalue weighted by atomic mass is 10.3. The van der Waals surface area contributed by atoms with Gasteiger partial charge in [-0.05, 0) is 30.3 Å². The summed E-state index contributed by atoms with van der Waals surface area (Å²) in [5, 5.41) is 3.63. The largest absolute Gasteiger partial charge is 0.439 e. The third kappa shape index (κ3) is 2.64. The Morgan fingerprint density at radius 3 is 2.44 bits per heavy atom. The summed E-state index contributed by atoms with van der Waals surface area (Å²) in [5.74, 6) is 1.27. The van der Waals surface area contributed by atoms with E-state index in [9.17, 15) is 0 Å². The maximum absolute atomic E-state index is 5.73. The lowest BCUT2D eigenvalue weighted by molar-refractivity contribution is 0.463. The molecule has 82 valence electrons. The van der Waals surface area contributed by atoms with E-state index in [1.165, 1.54) is 0 Å². The van der Waals surface area contributed by atoms with E-state index in [4.69, 9.17) is 16.3 Å². The number of benzene rings is 1. The van der Waals surface area contributed by atoms with Crippen molar-refractivity contribution < 1.29 is 4.74 Å². The van der Waals surface area contributed by atoms with E-state index in [-0.39, 0.29) is 0 Å². The number of anilines is 1. The smallest absolute Gasteiger partial charge is 0.219 e. The van der Waals surface area contributed by atoms with Gasteiger partial charge in [-0.25, -0.2) is 4.98 Å². The SMILES string of the molecule is CNc1ccc(Oc2ccc(Cl)cn2)cc1. The molecule has 16 heavy (non-hydrogen) atoms. The molecule has 0 radical (unpaired) electrons. The molecule has 0 unspecified atom stereocenters. The Hall–Kier alpha value is -1.74. The van der Waals surface area contributed by atoms with E-state index in [0.717, 1.165) is 11.4 Å². The first-order valence-electron chi connectivity index (χ1n) is 4.85. The molecule has 4 heteroatoms. The minimum Gasteiger partial charge on any atom is -0.439 e. The van der Waals surface area contributed by atoms with Gasteiger partial charge >= 0.3 is 0 Å². The summed E-state index contributed by atoms with van der Waals surface area (Å²) in [7, 11) is 1.87. The van der Waals surface area contributed by atoms with Crippen molar-refractivity contribution in [2.24, 2.45) is 0 Å². The Kier molecular flexibility index (Phi) is 3.27. The zero-order valence-electron chi connectivity index (χ0n) is 8.77. The number of pyridine rings is 1. The maximum Gasteiger partial charge on any atom is 0.219 e. The lowest BCUT2D eigenvalue weighted by Gasteiger charge is -2.05. The van der Waals surface area contributed by atoms with Gasteiger partial charge in [0, 0.05) is 25.0 Å². The number of ether oxygens (including phenoxy) is 1. The van der Waals surface area contributed by atoms with Gasteiger partial charge in [-0.2, -0.15) is 0 Å². The highest BCUT2D eigenvalue weighted by Crippen LogP contribution is 2.21. The van der Waals surface area contributed by atoms with E-state index < -0.39 is 0 Å². The second kappa shape index (κ2) is 4.86. The summed E-state index contributed by atoms with van der Waals surface area (Å²) < 4.78 is 5.54. The molecule has 0 aliphatic rings. The second-order valence-electron chi connectivity index (χ2n) is 3.19. The summed E-state index contributed by atoms with van der Waals surface area (Å²) in [6, 6.07) is 11.1. The normalized spacial score (nSPS) is 9.88. The molecule has 0 bridgehead atoms. The molecule has 0 aliphatic carbocycles. The Balaban J connectivity index is 2.11. The fourth-order valence-corrected chi connectivity index (χ4v) is 1.34.